The highest BCUT2D eigenvalue weighted by atomic mass is 35.5. The number of rotatable bonds is 5. The van der Waals surface area contributed by atoms with E-state index >= 15 is 0 Å². The van der Waals surface area contributed by atoms with Crippen LogP contribution in [0, 0.1) is 6.92 Å². The quantitative estimate of drug-likeness (QED) is 0.831. The molecule has 19 heavy (non-hydrogen) atoms. The topological polar surface area (TPSA) is 75.3 Å². The van der Waals surface area contributed by atoms with E-state index in [0.717, 1.165) is 12.8 Å². The molecule has 1 aromatic heterocycles. The Bertz CT molecular complexity index is 537. The van der Waals surface area contributed by atoms with Crippen LogP contribution in [0.15, 0.2) is 4.90 Å². The molecule has 1 aliphatic rings. The van der Waals surface area contributed by atoms with Gasteiger partial charge in [0.25, 0.3) is 0 Å². The van der Waals surface area contributed by atoms with Crippen LogP contribution in [0.2, 0.25) is 0 Å². The lowest BCUT2D eigenvalue weighted by Crippen LogP contribution is -2.34. The Morgan fingerprint density at radius 1 is 1.58 bits per heavy atom. The van der Waals surface area contributed by atoms with Crippen molar-refractivity contribution in [2.75, 3.05) is 20.2 Å². The van der Waals surface area contributed by atoms with Gasteiger partial charge in [-0.15, -0.1) is 11.6 Å². The van der Waals surface area contributed by atoms with Gasteiger partial charge in [0, 0.05) is 20.2 Å². The van der Waals surface area contributed by atoms with Gasteiger partial charge in [-0.05, 0) is 19.8 Å². The van der Waals surface area contributed by atoms with Gasteiger partial charge in [-0.25, -0.2) is 8.42 Å². The fraction of sp³-hybridized carbons (Fsp3) is 0.727. The van der Waals surface area contributed by atoms with Crippen LogP contribution in [0.25, 0.3) is 0 Å². The molecule has 8 heteroatoms. The molecule has 0 spiro atoms. The molecule has 1 fully saturated rings. The molecule has 0 bridgehead atoms. The molecule has 2 rings (SSSR count). The number of likely N-dealkylation sites (N-methyl/N-ethyl adjacent to an activating group) is 1. The van der Waals surface area contributed by atoms with Crippen LogP contribution in [0.5, 0.6) is 0 Å². The van der Waals surface area contributed by atoms with Crippen LogP contribution in [0.1, 0.15) is 24.2 Å². The number of nitrogens with one attached hydrogen (secondary N) is 1. The number of sulfonamides is 1. The van der Waals surface area contributed by atoms with Crippen LogP contribution in [-0.2, 0) is 20.6 Å². The molecule has 1 atom stereocenters. The summed E-state index contributed by atoms with van der Waals surface area (Å²) in [4.78, 5) is 0.183. The summed E-state index contributed by atoms with van der Waals surface area (Å²) in [5.74, 6) is 0.0622. The molecule has 6 nitrogen and oxygen atoms in total. The zero-order valence-corrected chi connectivity index (χ0v) is 12.6. The second kappa shape index (κ2) is 5.78. The Morgan fingerprint density at radius 2 is 2.32 bits per heavy atom. The van der Waals surface area contributed by atoms with Crippen LogP contribution >= 0.6 is 11.6 Å². The molecule has 2 heterocycles. The van der Waals surface area contributed by atoms with Crippen molar-refractivity contribution in [3.05, 3.63) is 11.4 Å². The molecule has 0 aromatic carbocycles. The van der Waals surface area contributed by atoms with Gasteiger partial charge in [0.05, 0.1) is 23.4 Å². The number of H-pyrrole nitrogens is 1. The number of aryl methyl sites for hydroxylation is 1. The first-order valence-electron chi connectivity index (χ1n) is 6.14. The normalized spacial score (nSPS) is 20.3. The standard InChI is InChI=1S/C11H18ClN3O3S/c1-8-11(10(6-12)14-13-8)19(16,17)15(2)7-9-4-3-5-18-9/h9H,3-7H2,1-2H3,(H,13,14). The third-order valence-corrected chi connectivity index (χ3v) is 5.52. The Morgan fingerprint density at radius 3 is 2.89 bits per heavy atom. The first kappa shape index (κ1) is 14.8. The van der Waals surface area contributed by atoms with Crippen molar-refractivity contribution < 1.29 is 13.2 Å². The van der Waals surface area contributed by atoms with Crippen molar-refractivity contribution in [1.82, 2.24) is 14.5 Å². The molecule has 108 valence electrons. The van der Waals surface area contributed by atoms with Crippen LogP contribution < -0.4 is 0 Å². The smallest absolute Gasteiger partial charge is 0.246 e. The summed E-state index contributed by atoms with van der Waals surface area (Å²) >= 11 is 5.74. The maximum atomic E-state index is 12.5. The van der Waals surface area contributed by atoms with Gasteiger partial charge < -0.3 is 4.74 Å². The Hall–Kier alpha value is -0.630. The first-order valence-corrected chi connectivity index (χ1v) is 8.12. The van der Waals surface area contributed by atoms with Crippen molar-refractivity contribution >= 4 is 21.6 Å². The van der Waals surface area contributed by atoms with Gasteiger partial charge in [0.2, 0.25) is 10.0 Å². The molecule has 1 unspecified atom stereocenters. The second-order valence-corrected chi connectivity index (χ2v) is 6.93. The fourth-order valence-corrected chi connectivity index (χ4v) is 4.03. The average molecular weight is 308 g/mol. The molecule has 0 saturated carbocycles. The molecule has 1 aliphatic heterocycles. The highest BCUT2D eigenvalue weighted by Gasteiger charge is 2.30. The van der Waals surface area contributed by atoms with Crippen LogP contribution in [0.4, 0.5) is 0 Å². The highest BCUT2D eigenvalue weighted by molar-refractivity contribution is 7.89. The van der Waals surface area contributed by atoms with E-state index in [4.69, 9.17) is 16.3 Å². The summed E-state index contributed by atoms with van der Waals surface area (Å²) in [6.07, 6.45) is 1.86. The maximum Gasteiger partial charge on any atom is 0.246 e. The summed E-state index contributed by atoms with van der Waals surface area (Å²) in [6, 6.07) is 0. The number of alkyl halides is 1. The zero-order valence-electron chi connectivity index (χ0n) is 11.0. The number of hydrogen-bond donors (Lipinski definition) is 1. The van der Waals surface area contributed by atoms with Crippen LogP contribution in [0.3, 0.4) is 0 Å². The van der Waals surface area contributed by atoms with Crippen molar-refractivity contribution in [3.8, 4) is 0 Å². The zero-order chi connectivity index (χ0) is 14.0. The minimum atomic E-state index is -3.58. The van der Waals surface area contributed by atoms with E-state index in [-0.39, 0.29) is 16.9 Å². The molecule has 0 amide bonds. The number of aromatic nitrogens is 2. The maximum absolute atomic E-state index is 12.5. The number of nitrogens with zero attached hydrogens (tertiary/aromatic N) is 2. The second-order valence-electron chi connectivity index (χ2n) is 4.68. The van der Waals surface area contributed by atoms with E-state index in [0.29, 0.717) is 24.5 Å². The number of hydrogen-bond acceptors (Lipinski definition) is 4. The summed E-state index contributed by atoms with van der Waals surface area (Å²) < 4.78 is 31.9. The summed E-state index contributed by atoms with van der Waals surface area (Å²) in [6.45, 7) is 2.74. The van der Waals surface area contributed by atoms with E-state index in [1.54, 1.807) is 14.0 Å². The molecule has 1 aromatic rings. The minimum absolute atomic E-state index is 0.0218. The van der Waals surface area contributed by atoms with E-state index in [9.17, 15) is 8.42 Å². The number of aromatic amines is 1. The van der Waals surface area contributed by atoms with Gasteiger partial charge in [0.15, 0.2) is 0 Å². The Kier molecular flexibility index (Phi) is 4.50. The number of halogens is 1. The van der Waals surface area contributed by atoms with Gasteiger partial charge in [0.1, 0.15) is 4.90 Å². The Balaban J connectivity index is 2.22. The number of ether oxygens (including phenoxy) is 1. The van der Waals surface area contributed by atoms with Gasteiger partial charge >= 0.3 is 0 Å². The fourth-order valence-electron chi connectivity index (χ4n) is 2.23. The van der Waals surface area contributed by atoms with Crippen molar-refractivity contribution in [2.45, 2.75) is 36.6 Å². The lowest BCUT2D eigenvalue weighted by Gasteiger charge is -2.20. The van der Waals surface area contributed by atoms with Crippen LogP contribution in [-0.4, -0.2) is 49.2 Å². The third-order valence-electron chi connectivity index (χ3n) is 3.24. The molecular formula is C11H18ClN3O3S. The van der Waals surface area contributed by atoms with Gasteiger partial charge in [-0.1, -0.05) is 0 Å². The highest BCUT2D eigenvalue weighted by Crippen LogP contribution is 2.24. The molecule has 1 N–H and O–H groups in total. The lowest BCUT2D eigenvalue weighted by molar-refractivity contribution is 0.0978. The lowest BCUT2D eigenvalue weighted by atomic mass is 10.2. The average Bonchev–Trinajstić information content (AvgIpc) is 2.98. The van der Waals surface area contributed by atoms with Crippen molar-refractivity contribution in [2.24, 2.45) is 0 Å². The van der Waals surface area contributed by atoms with Gasteiger partial charge in [-0.2, -0.15) is 9.40 Å². The summed E-state index contributed by atoms with van der Waals surface area (Å²) in [7, 11) is -2.02. The first-order chi connectivity index (χ1) is 8.96. The van der Waals surface area contributed by atoms with Gasteiger partial charge in [-0.3, -0.25) is 5.10 Å². The Labute approximate surface area is 118 Å². The monoisotopic (exact) mass is 307 g/mol. The molecule has 0 aliphatic carbocycles. The van der Waals surface area contributed by atoms with E-state index in [1.165, 1.54) is 4.31 Å². The molecule has 1 saturated heterocycles. The SMILES string of the molecule is Cc1[nH]nc(CCl)c1S(=O)(=O)N(C)CC1CCCO1. The molecular weight excluding hydrogens is 290 g/mol. The largest absolute Gasteiger partial charge is 0.377 e. The van der Waals surface area contributed by atoms with E-state index < -0.39 is 10.0 Å². The predicted molar refractivity (Wildman–Crippen MR) is 71.7 cm³/mol. The molecule has 0 radical (unpaired) electrons. The van der Waals surface area contributed by atoms with E-state index in [2.05, 4.69) is 10.2 Å². The minimum Gasteiger partial charge on any atom is -0.377 e. The third kappa shape index (κ3) is 2.94. The summed E-state index contributed by atoms with van der Waals surface area (Å²) in [5, 5.41) is 6.59. The van der Waals surface area contributed by atoms with E-state index in [1.807, 2.05) is 0 Å². The summed E-state index contributed by atoms with van der Waals surface area (Å²) in [5.41, 5.74) is 0.869. The van der Waals surface area contributed by atoms with Crippen molar-refractivity contribution in [3.63, 3.8) is 0 Å². The van der Waals surface area contributed by atoms with Crippen molar-refractivity contribution in [1.29, 1.82) is 0 Å². The predicted octanol–water partition coefficient (Wildman–Crippen LogP) is 1.26.